The number of amides is 2. The van der Waals surface area contributed by atoms with Crippen LogP contribution in [0.25, 0.3) is 0 Å². The fourth-order valence-corrected chi connectivity index (χ4v) is 7.28. The van der Waals surface area contributed by atoms with E-state index < -0.39 is 27.4 Å². The van der Waals surface area contributed by atoms with Crippen LogP contribution in [0.4, 0.5) is 10.5 Å². The fraction of sp³-hybridized carbons (Fsp3) is 0.550. The van der Waals surface area contributed by atoms with E-state index in [9.17, 15) is 18.0 Å². The highest BCUT2D eigenvalue weighted by Gasteiger charge is 2.49. The molecule has 2 amide bonds. The highest BCUT2D eigenvalue weighted by molar-refractivity contribution is 8.16. The van der Waals surface area contributed by atoms with Gasteiger partial charge in [0.2, 0.25) is 0 Å². The predicted octanol–water partition coefficient (Wildman–Crippen LogP) is 2.21. The SMILES string of the molecule is CCOc1ccc(N2C(=NC(=O)CNC(=O)OC(C)(C)C)S[C@@H]3CS(=O)(=O)C[C@H]32)cc1. The van der Waals surface area contributed by atoms with E-state index in [0.29, 0.717) is 17.5 Å². The van der Waals surface area contributed by atoms with Crippen molar-refractivity contribution in [1.82, 2.24) is 5.32 Å². The third-order valence-corrected chi connectivity index (χ3v) is 7.71. The van der Waals surface area contributed by atoms with Gasteiger partial charge >= 0.3 is 6.09 Å². The number of nitrogens with zero attached hydrogens (tertiary/aromatic N) is 2. The van der Waals surface area contributed by atoms with Gasteiger partial charge in [0.15, 0.2) is 15.0 Å². The number of anilines is 1. The molecule has 170 valence electrons. The molecular formula is C20H27N3O6S2. The average Bonchev–Trinajstić information content (AvgIpc) is 3.10. The summed E-state index contributed by atoms with van der Waals surface area (Å²) >= 11 is 1.27. The number of hydrogen-bond acceptors (Lipinski definition) is 7. The van der Waals surface area contributed by atoms with Crippen LogP contribution in [0.5, 0.6) is 5.75 Å². The fourth-order valence-electron chi connectivity index (χ4n) is 3.34. The highest BCUT2D eigenvalue weighted by Crippen LogP contribution is 2.41. The van der Waals surface area contributed by atoms with Crippen LogP contribution in [0.15, 0.2) is 29.3 Å². The molecule has 2 aliphatic heterocycles. The standard InChI is InChI=1S/C20H27N3O6S2/c1-5-28-14-8-6-13(7-9-14)23-15-11-31(26,27)12-16(15)30-18(23)22-17(24)10-21-19(25)29-20(2,3)4/h6-9,15-16H,5,10-12H2,1-4H3,(H,21,25)/t15-,16-/m1/s1. The zero-order valence-corrected chi connectivity index (χ0v) is 19.6. The smallest absolute Gasteiger partial charge is 0.408 e. The first kappa shape index (κ1) is 23.4. The lowest BCUT2D eigenvalue weighted by Crippen LogP contribution is -2.38. The van der Waals surface area contributed by atoms with Crippen molar-refractivity contribution in [1.29, 1.82) is 0 Å². The van der Waals surface area contributed by atoms with E-state index in [2.05, 4.69) is 10.3 Å². The molecule has 0 radical (unpaired) electrons. The Hall–Kier alpha value is -2.27. The van der Waals surface area contributed by atoms with E-state index in [1.807, 2.05) is 19.1 Å². The van der Waals surface area contributed by atoms with Gasteiger partial charge in [-0.2, -0.15) is 4.99 Å². The van der Waals surface area contributed by atoms with Gasteiger partial charge in [0.25, 0.3) is 5.91 Å². The van der Waals surface area contributed by atoms with Crippen LogP contribution in [-0.2, 0) is 19.4 Å². The van der Waals surface area contributed by atoms with Gasteiger partial charge in [0.1, 0.15) is 17.9 Å². The average molecular weight is 470 g/mol. The van der Waals surface area contributed by atoms with E-state index in [-0.39, 0.29) is 29.3 Å². The molecule has 2 atom stereocenters. The molecule has 0 bridgehead atoms. The largest absolute Gasteiger partial charge is 0.494 e. The molecule has 0 aromatic heterocycles. The third kappa shape index (κ3) is 6.13. The number of carbonyl (C=O) groups excluding carboxylic acids is 2. The monoisotopic (exact) mass is 469 g/mol. The number of carbonyl (C=O) groups is 2. The van der Waals surface area contributed by atoms with Crippen LogP contribution in [0, 0.1) is 0 Å². The Morgan fingerprint density at radius 3 is 2.52 bits per heavy atom. The number of nitrogens with one attached hydrogen (secondary N) is 1. The number of hydrogen-bond donors (Lipinski definition) is 1. The van der Waals surface area contributed by atoms with Gasteiger partial charge in [-0.1, -0.05) is 11.8 Å². The van der Waals surface area contributed by atoms with E-state index >= 15 is 0 Å². The van der Waals surface area contributed by atoms with Gasteiger partial charge in [-0.15, -0.1) is 0 Å². The Labute approximate surface area is 186 Å². The third-order valence-electron chi connectivity index (χ3n) is 4.50. The minimum atomic E-state index is -3.15. The highest BCUT2D eigenvalue weighted by atomic mass is 32.2. The Morgan fingerprint density at radius 2 is 1.90 bits per heavy atom. The zero-order chi connectivity index (χ0) is 22.8. The van der Waals surface area contributed by atoms with Gasteiger partial charge in [-0.3, -0.25) is 4.79 Å². The molecule has 31 heavy (non-hydrogen) atoms. The van der Waals surface area contributed by atoms with Gasteiger partial charge in [-0.05, 0) is 52.0 Å². The summed E-state index contributed by atoms with van der Waals surface area (Å²) in [6.07, 6.45) is -0.702. The molecule has 1 aromatic rings. The number of ether oxygens (including phenoxy) is 2. The molecule has 2 heterocycles. The van der Waals surface area contributed by atoms with Crippen LogP contribution < -0.4 is 15.0 Å². The van der Waals surface area contributed by atoms with Crippen molar-refractivity contribution in [2.75, 3.05) is 29.6 Å². The van der Waals surface area contributed by atoms with Crippen molar-refractivity contribution in [2.45, 2.75) is 44.6 Å². The summed E-state index contributed by atoms with van der Waals surface area (Å²) in [6, 6.07) is 6.92. The van der Waals surface area contributed by atoms with E-state index in [0.717, 1.165) is 5.69 Å². The van der Waals surface area contributed by atoms with Crippen molar-refractivity contribution >= 4 is 44.5 Å². The molecule has 1 N–H and O–H groups in total. The number of alkyl carbamates (subject to hydrolysis) is 1. The van der Waals surface area contributed by atoms with Gasteiger partial charge < -0.3 is 19.7 Å². The lowest BCUT2D eigenvalue weighted by molar-refractivity contribution is -0.117. The zero-order valence-electron chi connectivity index (χ0n) is 18.0. The maximum Gasteiger partial charge on any atom is 0.408 e. The number of rotatable bonds is 5. The van der Waals surface area contributed by atoms with Crippen molar-refractivity contribution in [3.63, 3.8) is 0 Å². The van der Waals surface area contributed by atoms with Crippen molar-refractivity contribution in [2.24, 2.45) is 4.99 Å². The molecule has 1 aromatic carbocycles. The molecular weight excluding hydrogens is 442 g/mol. The topological polar surface area (TPSA) is 114 Å². The second-order valence-corrected chi connectivity index (χ2v) is 11.6. The predicted molar refractivity (Wildman–Crippen MR) is 121 cm³/mol. The summed E-state index contributed by atoms with van der Waals surface area (Å²) in [6.45, 7) is 7.29. The van der Waals surface area contributed by atoms with Crippen LogP contribution in [0.3, 0.4) is 0 Å². The molecule has 0 spiro atoms. The van der Waals surface area contributed by atoms with E-state index in [1.165, 1.54) is 11.8 Å². The minimum absolute atomic E-state index is 0.00124. The summed E-state index contributed by atoms with van der Waals surface area (Å²) in [7, 11) is -3.15. The van der Waals surface area contributed by atoms with Crippen LogP contribution >= 0.6 is 11.8 Å². The van der Waals surface area contributed by atoms with Gasteiger partial charge in [-0.25, -0.2) is 13.2 Å². The van der Waals surface area contributed by atoms with Crippen molar-refractivity contribution < 1.29 is 27.5 Å². The first-order valence-corrected chi connectivity index (χ1v) is 12.6. The van der Waals surface area contributed by atoms with Crippen molar-refractivity contribution in [3.8, 4) is 5.75 Å². The molecule has 0 unspecified atom stereocenters. The molecule has 2 fully saturated rings. The molecule has 2 aliphatic rings. The first-order valence-electron chi connectivity index (χ1n) is 9.95. The quantitative estimate of drug-likeness (QED) is 0.698. The molecule has 2 saturated heterocycles. The van der Waals surface area contributed by atoms with Crippen LogP contribution in [-0.4, -0.2) is 67.1 Å². The number of amidine groups is 1. The number of sulfone groups is 1. The second kappa shape index (κ2) is 9.07. The van der Waals surface area contributed by atoms with Crippen LogP contribution in [0.1, 0.15) is 27.7 Å². The first-order chi connectivity index (χ1) is 14.5. The molecule has 11 heteroatoms. The number of benzene rings is 1. The van der Waals surface area contributed by atoms with E-state index in [1.54, 1.807) is 37.8 Å². The molecule has 3 rings (SSSR count). The van der Waals surface area contributed by atoms with Gasteiger partial charge in [0, 0.05) is 10.9 Å². The number of fused-ring (bicyclic) bond motifs is 1. The second-order valence-electron chi connectivity index (χ2n) is 8.24. The Balaban J connectivity index is 1.77. The summed E-state index contributed by atoms with van der Waals surface area (Å²) in [4.78, 5) is 30.1. The lowest BCUT2D eigenvalue weighted by atomic mass is 10.2. The van der Waals surface area contributed by atoms with E-state index in [4.69, 9.17) is 9.47 Å². The summed E-state index contributed by atoms with van der Waals surface area (Å²) < 4.78 is 34.9. The summed E-state index contributed by atoms with van der Waals surface area (Å²) in [5, 5.41) is 2.61. The van der Waals surface area contributed by atoms with Gasteiger partial charge in [0.05, 0.1) is 24.2 Å². The summed E-state index contributed by atoms with van der Waals surface area (Å²) in [5.74, 6) is 0.192. The normalized spacial score (nSPS) is 23.5. The van der Waals surface area contributed by atoms with Crippen molar-refractivity contribution in [3.05, 3.63) is 24.3 Å². The Morgan fingerprint density at radius 1 is 1.23 bits per heavy atom. The number of aliphatic imine (C=N–C) groups is 1. The maximum absolute atomic E-state index is 12.4. The molecule has 9 nitrogen and oxygen atoms in total. The Bertz CT molecular complexity index is 970. The number of thioether (sulfide) groups is 1. The minimum Gasteiger partial charge on any atom is -0.494 e. The van der Waals surface area contributed by atoms with Crippen LogP contribution in [0.2, 0.25) is 0 Å². The Kier molecular flexibility index (Phi) is 6.85. The molecule has 0 saturated carbocycles. The maximum atomic E-state index is 12.4. The summed E-state index contributed by atoms with van der Waals surface area (Å²) in [5.41, 5.74) is 0.0560. The lowest BCUT2D eigenvalue weighted by Gasteiger charge is -2.24. The molecule has 0 aliphatic carbocycles.